The summed E-state index contributed by atoms with van der Waals surface area (Å²) >= 11 is 0. The third-order valence-electron chi connectivity index (χ3n) is 3.85. The molecule has 3 aromatic rings. The fraction of sp³-hybridized carbons (Fsp3) is 0.200. The molecule has 0 aliphatic heterocycles. The molecule has 0 aliphatic rings. The van der Waals surface area contributed by atoms with Crippen molar-refractivity contribution in [1.29, 1.82) is 0 Å². The number of aromatic nitrogens is 2. The van der Waals surface area contributed by atoms with Crippen molar-refractivity contribution in [2.45, 2.75) is 19.5 Å². The van der Waals surface area contributed by atoms with Gasteiger partial charge < -0.3 is 10.1 Å². The average Bonchev–Trinajstić information content (AvgIpc) is 3.07. The normalized spacial score (nSPS) is 11.0. The second-order valence-electron chi connectivity index (χ2n) is 5.80. The lowest BCUT2D eigenvalue weighted by Crippen LogP contribution is -2.13. The molecule has 0 saturated carbocycles. The van der Waals surface area contributed by atoms with Crippen LogP contribution in [0.5, 0.6) is 5.75 Å². The number of nitrogens with zero attached hydrogens (tertiary/aromatic N) is 1. The number of benzene rings is 2. The second kappa shape index (κ2) is 8.05. The number of rotatable bonds is 4. The van der Waals surface area contributed by atoms with E-state index in [0.29, 0.717) is 16.7 Å². The van der Waals surface area contributed by atoms with E-state index in [4.69, 9.17) is 4.74 Å². The number of carbonyl (C=O) groups excluding carboxylic acids is 1. The molecule has 0 unspecified atom stereocenters. The highest BCUT2D eigenvalue weighted by molar-refractivity contribution is 6.08. The third-order valence-corrected chi connectivity index (χ3v) is 3.85. The van der Waals surface area contributed by atoms with E-state index >= 15 is 0 Å². The number of anilines is 1. The van der Waals surface area contributed by atoms with E-state index in [1.54, 1.807) is 18.2 Å². The Labute approximate surface area is 158 Å². The Kier molecular flexibility index (Phi) is 5.54. The Balaban J connectivity index is 1.76. The summed E-state index contributed by atoms with van der Waals surface area (Å²) in [7, 11) is 0. The summed E-state index contributed by atoms with van der Waals surface area (Å²) in [6.45, 7) is 2.18. The van der Waals surface area contributed by atoms with Crippen LogP contribution in [0.4, 0.5) is 19.0 Å². The molecule has 28 heavy (non-hydrogen) atoms. The predicted molar refractivity (Wildman–Crippen MR) is 99.1 cm³/mol. The number of carbonyl (C=O) groups is 1. The molecule has 0 bridgehead atoms. The van der Waals surface area contributed by atoms with Crippen molar-refractivity contribution < 1.29 is 22.7 Å². The number of fused-ring (bicyclic) bond motifs is 1. The maximum absolute atomic E-state index is 12.6. The minimum Gasteiger partial charge on any atom is -0.481 e. The molecule has 0 spiro atoms. The van der Waals surface area contributed by atoms with Crippen LogP contribution in [-0.2, 0) is 6.18 Å². The highest BCUT2D eigenvalue weighted by Crippen LogP contribution is 2.29. The Bertz CT molecular complexity index is 1040. The lowest BCUT2D eigenvalue weighted by atomic mass is 10.1. The van der Waals surface area contributed by atoms with E-state index in [2.05, 4.69) is 27.4 Å². The van der Waals surface area contributed by atoms with Crippen molar-refractivity contribution in [3.63, 3.8) is 0 Å². The van der Waals surface area contributed by atoms with Gasteiger partial charge in [-0.05, 0) is 42.5 Å². The topological polar surface area (TPSA) is 67.0 Å². The third kappa shape index (κ3) is 4.43. The van der Waals surface area contributed by atoms with Crippen LogP contribution in [0, 0.1) is 11.8 Å². The number of hydrogen-bond donors (Lipinski definition) is 2. The molecule has 0 aliphatic carbocycles. The smallest absolute Gasteiger partial charge is 0.416 e. The average molecular weight is 387 g/mol. The van der Waals surface area contributed by atoms with Crippen molar-refractivity contribution in [2.75, 3.05) is 11.9 Å². The van der Waals surface area contributed by atoms with Gasteiger partial charge in [-0.2, -0.15) is 18.3 Å². The molecular weight excluding hydrogens is 371 g/mol. The number of nitrogens with one attached hydrogen (secondary N) is 2. The van der Waals surface area contributed by atoms with Crippen LogP contribution >= 0.6 is 0 Å². The lowest BCUT2D eigenvalue weighted by molar-refractivity contribution is -0.137. The van der Waals surface area contributed by atoms with Gasteiger partial charge in [0.1, 0.15) is 12.4 Å². The van der Waals surface area contributed by atoms with Gasteiger partial charge in [0, 0.05) is 17.4 Å². The van der Waals surface area contributed by atoms with E-state index < -0.39 is 17.6 Å². The molecule has 0 radical (unpaired) electrons. The molecule has 2 aromatic carbocycles. The first-order valence-electron chi connectivity index (χ1n) is 8.43. The van der Waals surface area contributed by atoms with Gasteiger partial charge >= 0.3 is 6.18 Å². The van der Waals surface area contributed by atoms with Gasteiger partial charge in [0.15, 0.2) is 5.82 Å². The fourth-order valence-corrected chi connectivity index (χ4v) is 2.46. The van der Waals surface area contributed by atoms with Crippen LogP contribution in [0.2, 0.25) is 0 Å². The SMILES string of the molecule is CCC#CCOc1ccc2[nH]nc(NC(=O)c3ccc(C(F)(F)F)cc3)c2c1. The largest absolute Gasteiger partial charge is 0.481 e. The van der Waals surface area contributed by atoms with Crippen molar-refractivity contribution in [1.82, 2.24) is 10.2 Å². The number of aromatic amines is 1. The maximum atomic E-state index is 12.6. The van der Waals surface area contributed by atoms with E-state index in [0.717, 1.165) is 30.7 Å². The zero-order valence-electron chi connectivity index (χ0n) is 14.9. The quantitative estimate of drug-likeness (QED) is 0.642. The number of ether oxygens (including phenoxy) is 1. The van der Waals surface area contributed by atoms with Crippen molar-refractivity contribution >= 4 is 22.6 Å². The number of halogens is 3. The summed E-state index contributed by atoms with van der Waals surface area (Å²) in [5.41, 5.74) is -0.0525. The number of amides is 1. The fourth-order valence-electron chi connectivity index (χ4n) is 2.46. The van der Waals surface area contributed by atoms with Gasteiger partial charge in [0.2, 0.25) is 0 Å². The van der Waals surface area contributed by atoms with Gasteiger partial charge in [-0.1, -0.05) is 12.8 Å². The van der Waals surface area contributed by atoms with Crippen LogP contribution in [0.3, 0.4) is 0 Å². The maximum Gasteiger partial charge on any atom is 0.416 e. The van der Waals surface area contributed by atoms with Crippen molar-refractivity contribution in [3.8, 4) is 17.6 Å². The molecular formula is C20H16F3N3O2. The summed E-state index contributed by atoms with van der Waals surface area (Å²) in [5.74, 6) is 6.01. The molecule has 144 valence electrons. The van der Waals surface area contributed by atoms with Gasteiger partial charge in [0.05, 0.1) is 11.1 Å². The summed E-state index contributed by atoms with van der Waals surface area (Å²) in [6, 6.07) is 9.16. The summed E-state index contributed by atoms with van der Waals surface area (Å²) in [5, 5.41) is 10.0. The van der Waals surface area contributed by atoms with Gasteiger partial charge in [-0.15, -0.1) is 5.92 Å². The Morgan fingerprint density at radius 3 is 2.61 bits per heavy atom. The molecule has 1 aromatic heterocycles. The number of hydrogen-bond acceptors (Lipinski definition) is 3. The van der Waals surface area contributed by atoms with Crippen LogP contribution in [0.15, 0.2) is 42.5 Å². The van der Waals surface area contributed by atoms with Crippen LogP contribution < -0.4 is 10.1 Å². The summed E-state index contributed by atoms with van der Waals surface area (Å²) in [6.07, 6.45) is -3.71. The first-order chi connectivity index (χ1) is 13.4. The highest BCUT2D eigenvalue weighted by Gasteiger charge is 2.30. The molecule has 1 heterocycles. The standard InChI is InChI=1S/C20H16F3N3O2/c1-2-3-4-11-28-15-9-10-17-16(12-15)18(26-25-17)24-19(27)13-5-7-14(8-6-13)20(21,22)23/h5-10,12H,2,11H2,1H3,(H2,24,25,26,27). The Morgan fingerprint density at radius 2 is 1.93 bits per heavy atom. The second-order valence-corrected chi connectivity index (χ2v) is 5.80. The highest BCUT2D eigenvalue weighted by atomic mass is 19.4. The van der Waals surface area contributed by atoms with Crippen molar-refractivity contribution in [2.24, 2.45) is 0 Å². The molecule has 0 fully saturated rings. The van der Waals surface area contributed by atoms with E-state index in [1.807, 2.05) is 6.92 Å². The molecule has 2 N–H and O–H groups in total. The van der Waals surface area contributed by atoms with Gasteiger partial charge in [-0.25, -0.2) is 0 Å². The zero-order valence-corrected chi connectivity index (χ0v) is 14.9. The number of H-pyrrole nitrogens is 1. The minimum atomic E-state index is -4.45. The van der Waals surface area contributed by atoms with E-state index in [-0.39, 0.29) is 18.0 Å². The molecule has 0 atom stereocenters. The number of alkyl halides is 3. The zero-order chi connectivity index (χ0) is 20.1. The van der Waals surface area contributed by atoms with Crippen LogP contribution in [0.25, 0.3) is 10.9 Å². The Morgan fingerprint density at radius 1 is 1.18 bits per heavy atom. The van der Waals surface area contributed by atoms with Gasteiger partial charge in [-0.3, -0.25) is 9.89 Å². The van der Waals surface area contributed by atoms with Gasteiger partial charge in [0.25, 0.3) is 5.91 Å². The van der Waals surface area contributed by atoms with Crippen LogP contribution in [0.1, 0.15) is 29.3 Å². The van der Waals surface area contributed by atoms with Crippen LogP contribution in [-0.4, -0.2) is 22.7 Å². The molecule has 1 amide bonds. The summed E-state index contributed by atoms with van der Waals surface area (Å²) in [4.78, 5) is 12.3. The van der Waals surface area contributed by atoms with E-state index in [9.17, 15) is 18.0 Å². The summed E-state index contributed by atoms with van der Waals surface area (Å²) < 4.78 is 43.4. The monoisotopic (exact) mass is 387 g/mol. The predicted octanol–water partition coefficient (Wildman–Crippen LogP) is 4.63. The van der Waals surface area contributed by atoms with E-state index in [1.165, 1.54) is 0 Å². The first kappa shape index (κ1) is 19.3. The lowest BCUT2D eigenvalue weighted by Gasteiger charge is -2.08. The molecule has 5 nitrogen and oxygen atoms in total. The first-order valence-corrected chi connectivity index (χ1v) is 8.43. The Hall–Kier alpha value is -3.47. The minimum absolute atomic E-state index is 0.0893. The molecule has 8 heteroatoms. The van der Waals surface area contributed by atoms with Crippen molar-refractivity contribution in [3.05, 3.63) is 53.6 Å². The molecule has 0 saturated heterocycles. The molecule has 3 rings (SSSR count).